The number of rotatable bonds is 3. The van der Waals surface area contributed by atoms with Gasteiger partial charge in [0.2, 0.25) is 0 Å². The minimum absolute atomic E-state index is 0.0282. The van der Waals surface area contributed by atoms with E-state index in [1.54, 1.807) is 13.2 Å². The smallest absolute Gasteiger partial charge is 0.282 e. The van der Waals surface area contributed by atoms with Crippen LogP contribution in [0.25, 0.3) is 10.2 Å². The molecule has 126 valence electrons. The van der Waals surface area contributed by atoms with Crippen molar-refractivity contribution in [3.8, 4) is 0 Å². The standard InChI is InChI=1S/C15H15F2N5OS/c1-22-15-9(12(21-22)13(16)17)5-11(24-15)14(23)19-8-2-3-10-7(4-8)6-18-20-10/h5-6,8,13H,2-4H2,1H3,(H,18,20)(H,19,23). The highest BCUT2D eigenvalue weighted by Gasteiger charge is 2.25. The quantitative estimate of drug-likeness (QED) is 0.762. The lowest BCUT2D eigenvalue weighted by Crippen LogP contribution is -2.38. The molecule has 1 aliphatic rings. The fourth-order valence-corrected chi connectivity index (χ4v) is 4.12. The lowest BCUT2D eigenvalue weighted by atomic mass is 9.93. The van der Waals surface area contributed by atoms with Crippen molar-refractivity contribution in [2.45, 2.75) is 31.7 Å². The van der Waals surface area contributed by atoms with Crippen LogP contribution in [0, 0.1) is 0 Å². The van der Waals surface area contributed by atoms with Gasteiger partial charge in [-0.25, -0.2) is 8.78 Å². The molecule has 9 heteroatoms. The number of fused-ring (bicyclic) bond motifs is 2. The molecule has 0 aliphatic heterocycles. The molecule has 3 aromatic rings. The lowest BCUT2D eigenvalue weighted by Gasteiger charge is -2.22. The molecule has 1 unspecified atom stereocenters. The molecule has 6 nitrogen and oxygen atoms in total. The number of H-pyrrole nitrogens is 1. The van der Waals surface area contributed by atoms with E-state index < -0.39 is 6.43 Å². The van der Waals surface area contributed by atoms with Gasteiger partial charge in [-0.2, -0.15) is 10.2 Å². The Morgan fingerprint density at radius 3 is 3.17 bits per heavy atom. The predicted octanol–water partition coefficient (Wildman–Crippen LogP) is 2.58. The third-order valence-electron chi connectivity index (χ3n) is 4.32. The number of nitrogens with zero attached hydrogens (tertiary/aromatic N) is 3. The molecular formula is C15H15F2N5OS. The zero-order valence-corrected chi connectivity index (χ0v) is 13.7. The topological polar surface area (TPSA) is 75.6 Å². The minimum Gasteiger partial charge on any atom is -0.348 e. The van der Waals surface area contributed by atoms with Gasteiger partial charge in [0.25, 0.3) is 12.3 Å². The Hall–Kier alpha value is -2.29. The first-order valence-corrected chi connectivity index (χ1v) is 8.41. The van der Waals surface area contributed by atoms with Crippen molar-refractivity contribution in [2.24, 2.45) is 7.05 Å². The van der Waals surface area contributed by atoms with Crippen LogP contribution in [-0.2, 0) is 19.9 Å². The van der Waals surface area contributed by atoms with Crippen LogP contribution in [0.2, 0.25) is 0 Å². The van der Waals surface area contributed by atoms with Crippen molar-refractivity contribution in [2.75, 3.05) is 0 Å². The number of carbonyl (C=O) groups is 1. The van der Waals surface area contributed by atoms with Crippen LogP contribution in [0.1, 0.15) is 39.5 Å². The van der Waals surface area contributed by atoms with E-state index in [0.29, 0.717) is 15.1 Å². The monoisotopic (exact) mass is 351 g/mol. The van der Waals surface area contributed by atoms with E-state index in [1.165, 1.54) is 22.1 Å². The van der Waals surface area contributed by atoms with Crippen molar-refractivity contribution in [3.05, 3.63) is 34.1 Å². The summed E-state index contributed by atoms with van der Waals surface area (Å²) in [6.45, 7) is 0. The Morgan fingerprint density at radius 2 is 2.38 bits per heavy atom. The number of hydrogen-bond acceptors (Lipinski definition) is 4. The summed E-state index contributed by atoms with van der Waals surface area (Å²) < 4.78 is 27.4. The van der Waals surface area contributed by atoms with Crippen LogP contribution in [0.4, 0.5) is 8.78 Å². The Bertz CT molecular complexity index is 912. The number of halogens is 2. The molecule has 2 N–H and O–H groups in total. The molecule has 0 fully saturated rings. The summed E-state index contributed by atoms with van der Waals surface area (Å²) >= 11 is 1.18. The Morgan fingerprint density at radius 1 is 1.54 bits per heavy atom. The zero-order valence-electron chi connectivity index (χ0n) is 12.8. The zero-order chi connectivity index (χ0) is 16.8. The largest absolute Gasteiger partial charge is 0.348 e. The van der Waals surface area contributed by atoms with Crippen molar-refractivity contribution < 1.29 is 13.6 Å². The average molecular weight is 351 g/mol. The number of aryl methyl sites for hydroxylation is 2. The van der Waals surface area contributed by atoms with Gasteiger partial charge in [-0.05, 0) is 30.9 Å². The van der Waals surface area contributed by atoms with Crippen LogP contribution in [-0.4, -0.2) is 31.9 Å². The van der Waals surface area contributed by atoms with E-state index >= 15 is 0 Å². The number of carbonyl (C=O) groups excluding carboxylic acids is 1. The van der Waals surface area contributed by atoms with Gasteiger partial charge in [0.1, 0.15) is 10.5 Å². The van der Waals surface area contributed by atoms with E-state index in [1.807, 2.05) is 0 Å². The number of amides is 1. The van der Waals surface area contributed by atoms with Crippen LogP contribution in [0.5, 0.6) is 0 Å². The van der Waals surface area contributed by atoms with Crippen LogP contribution >= 0.6 is 11.3 Å². The number of aromatic amines is 1. The molecule has 0 saturated carbocycles. The SMILES string of the molecule is Cn1nc(C(F)F)c2cc(C(=O)NC3CCc4[nH]ncc4C3)sc21. The molecule has 0 spiro atoms. The summed E-state index contributed by atoms with van der Waals surface area (Å²) in [6, 6.07) is 1.54. The summed E-state index contributed by atoms with van der Waals surface area (Å²) in [5.41, 5.74) is 1.96. The number of hydrogen-bond donors (Lipinski definition) is 2. The van der Waals surface area contributed by atoms with Crippen LogP contribution in [0.3, 0.4) is 0 Å². The van der Waals surface area contributed by atoms with Crippen molar-refractivity contribution >= 4 is 27.5 Å². The highest BCUT2D eigenvalue weighted by atomic mass is 32.1. The molecule has 0 aromatic carbocycles. The molecule has 1 amide bonds. The number of nitrogens with one attached hydrogen (secondary N) is 2. The summed E-state index contributed by atoms with van der Waals surface area (Å²) in [6.07, 6.45) is 1.53. The molecular weight excluding hydrogens is 336 g/mol. The average Bonchev–Trinajstić information content (AvgIpc) is 3.23. The molecule has 4 rings (SSSR count). The van der Waals surface area contributed by atoms with E-state index in [0.717, 1.165) is 30.5 Å². The van der Waals surface area contributed by atoms with Crippen molar-refractivity contribution in [3.63, 3.8) is 0 Å². The van der Waals surface area contributed by atoms with Gasteiger partial charge in [0, 0.05) is 24.2 Å². The summed E-state index contributed by atoms with van der Waals surface area (Å²) in [4.78, 5) is 13.5. The van der Waals surface area contributed by atoms with Gasteiger partial charge >= 0.3 is 0 Å². The van der Waals surface area contributed by atoms with E-state index in [9.17, 15) is 13.6 Å². The summed E-state index contributed by atoms with van der Waals surface area (Å²) in [7, 11) is 1.61. The second-order valence-electron chi connectivity index (χ2n) is 5.93. The normalized spacial score (nSPS) is 17.4. The van der Waals surface area contributed by atoms with E-state index in [-0.39, 0.29) is 17.6 Å². The molecule has 1 aliphatic carbocycles. The van der Waals surface area contributed by atoms with Gasteiger partial charge < -0.3 is 5.32 Å². The predicted molar refractivity (Wildman–Crippen MR) is 85.4 cm³/mol. The Balaban J connectivity index is 1.55. The Labute approximate surface area is 139 Å². The fraction of sp³-hybridized carbons (Fsp3) is 0.400. The fourth-order valence-electron chi connectivity index (χ4n) is 3.14. The second-order valence-corrected chi connectivity index (χ2v) is 6.96. The molecule has 3 heterocycles. The number of alkyl halides is 2. The van der Waals surface area contributed by atoms with Gasteiger partial charge in [0.05, 0.1) is 11.1 Å². The maximum Gasteiger partial charge on any atom is 0.282 e. The maximum absolute atomic E-state index is 13.0. The van der Waals surface area contributed by atoms with Crippen molar-refractivity contribution in [1.82, 2.24) is 25.3 Å². The highest BCUT2D eigenvalue weighted by molar-refractivity contribution is 7.20. The first-order valence-electron chi connectivity index (χ1n) is 7.59. The van der Waals surface area contributed by atoms with Crippen LogP contribution in [0.15, 0.2) is 12.3 Å². The third kappa shape index (κ3) is 2.48. The van der Waals surface area contributed by atoms with Crippen LogP contribution < -0.4 is 5.32 Å². The second kappa shape index (κ2) is 5.66. The van der Waals surface area contributed by atoms with Crippen molar-refractivity contribution in [1.29, 1.82) is 0 Å². The van der Waals surface area contributed by atoms with Gasteiger partial charge in [-0.1, -0.05) is 0 Å². The lowest BCUT2D eigenvalue weighted by molar-refractivity contribution is 0.0937. The molecule has 1 atom stereocenters. The third-order valence-corrected chi connectivity index (χ3v) is 5.52. The molecule has 24 heavy (non-hydrogen) atoms. The van der Waals surface area contributed by atoms with Gasteiger partial charge in [0.15, 0.2) is 0 Å². The molecule has 0 radical (unpaired) electrons. The maximum atomic E-state index is 13.0. The first kappa shape index (κ1) is 15.3. The first-order chi connectivity index (χ1) is 11.5. The summed E-state index contributed by atoms with van der Waals surface area (Å²) in [5.74, 6) is -0.228. The number of aromatic nitrogens is 4. The summed E-state index contributed by atoms with van der Waals surface area (Å²) in [5, 5.41) is 14.1. The van der Waals surface area contributed by atoms with Gasteiger partial charge in [-0.15, -0.1) is 11.3 Å². The van der Waals surface area contributed by atoms with E-state index in [2.05, 4.69) is 20.6 Å². The molecule has 3 aromatic heterocycles. The van der Waals surface area contributed by atoms with Gasteiger partial charge in [-0.3, -0.25) is 14.6 Å². The van der Waals surface area contributed by atoms with E-state index in [4.69, 9.17) is 0 Å². The minimum atomic E-state index is -2.66. The highest BCUT2D eigenvalue weighted by Crippen LogP contribution is 2.33. The molecule has 0 bridgehead atoms. The number of thiophene rings is 1. The Kier molecular flexibility index (Phi) is 3.60. The molecule has 0 saturated heterocycles.